The van der Waals surface area contributed by atoms with E-state index in [9.17, 15) is 4.79 Å². The second kappa shape index (κ2) is 10.8. The Kier molecular flexibility index (Phi) is 7.07. The van der Waals surface area contributed by atoms with E-state index in [1.165, 1.54) is 12.8 Å². The molecular weight excluding hydrogens is 496 g/mol. The van der Waals surface area contributed by atoms with E-state index < -0.39 is 0 Å². The molecule has 3 aromatic heterocycles. The molecule has 4 heterocycles. The fourth-order valence-corrected chi connectivity index (χ4v) is 5.18. The minimum absolute atomic E-state index is 0.0986. The molecule has 1 N–H and O–H groups in total. The van der Waals surface area contributed by atoms with E-state index in [2.05, 4.69) is 59.2 Å². The first-order chi connectivity index (χ1) is 19.3. The molecule has 1 aromatic carbocycles. The van der Waals surface area contributed by atoms with Crippen molar-refractivity contribution in [1.82, 2.24) is 24.8 Å². The van der Waals surface area contributed by atoms with Crippen molar-refractivity contribution >= 4 is 11.7 Å². The minimum atomic E-state index is 0.0986. The van der Waals surface area contributed by atoms with Gasteiger partial charge in [-0.15, -0.1) is 0 Å². The van der Waals surface area contributed by atoms with Gasteiger partial charge < -0.3 is 10.2 Å². The minimum Gasteiger partial charge on any atom is -0.367 e. The lowest BCUT2D eigenvalue weighted by Crippen LogP contribution is -2.54. The molecule has 1 saturated heterocycles. The first-order valence-electron chi connectivity index (χ1n) is 14.1. The molecule has 7 heteroatoms. The lowest BCUT2D eigenvalue weighted by molar-refractivity contribution is 0.0451. The number of anilines is 1. The third kappa shape index (κ3) is 5.89. The van der Waals surface area contributed by atoms with E-state index in [-0.39, 0.29) is 11.4 Å². The summed E-state index contributed by atoms with van der Waals surface area (Å²) in [5.41, 5.74) is 6.60. The Hall–Kier alpha value is -4.10. The zero-order valence-corrected chi connectivity index (χ0v) is 23.5. The van der Waals surface area contributed by atoms with Gasteiger partial charge >= 0.3 is 0 Å². The van der Waals surface area contributed by atoms with Crippen molar-refractivity contribution in [2.45, 2.75) is 45.2 Å². The van der Waals surface area contributed by atoms with Gasteiger partial charge in [0.05, 0.1) is 11.4 Å². The van der Waals surface area contributed by atoms with Gasteiger partial charge in [-0.2, -0.15) is 0 Å². The number of nitrogens with one attached hydrogen (secondary N) is 1. The van der Waals surface area contributed by atoms with Crippen LogP contribution in [-0.4, -0.2) is 68.4 Å². The van der Waals surface area contributed by atoms with Gasteiger partial charge in [-0.25, -0.2) is 4.98 Å². The SMILES string of the molecule is CC(C)(C)N1CCN(C(=O)c2ccc(-c3cncc(-c4cc(NC5CC5)nc(-c5ccccn5)c4)c3)cc2)CC1. The fraction of sp³-hybridized carbons (Fsp3) is 0.333. The molecule has 0 atom stereocenters. The highest BCUT2D eigenvalue weighted by molar-refractivity contribution is 5.95. The Morgan fingerprint density at radius 1 is 0.825 bits per heavy atom. The molecule has 0 spiro atoms. The van der Waals surface area contributed by atoms with Crippen LogP contribution in [0.15, 0.2) is 79.3 Å². The van der Waals surface area contributed by atoms with E-state index in [4.69, 9.17) is 4.98 Å². The largest absolute Gasteiger partial charge is 0.367 e. The topological polar surface area (TPSA) is 74.2 Å². The van der Waals surface area contributed by atoms with Crippen molar-refractivity contribution in [2.24, 2.45) is 0 Å². The Morgan fingerprint density at radius 2 is 1.55 bits per heavy atom. The summed E-state index contributed by atoms with van der Waals surface area (Å²) in [6.07, 6.45) is 7.90. The first-order valence-corrected chi connectivity index (χ1v) is 14.1. The van der Waals surface area contributed by atoms with Crippen molar-refractivity contribution in [1.29, 1.82) is 0 Å². The fourth-order valence-electron chi connectivity index (χ4n) is 5.18. The molecule has 1 amide bonds. The van der Waals surface area contributed by atoms with Gasteiger partial charge in [-0.05, 0) is 87.2 Å². The molecule has 2 fully saturated rings. The maximum atomic E-state index is 13.2. The monoisotopic (exact) mass is 532 g/mol. The summed E-state index contributed by atoms with van der Waals surface area (Å²) < 4.78 is 0. The van der Waals surface area contributed by atoms with Gasteiger partial charge in [-0.3, -0.25) is 19.7 Å². The number of amides is 1. The molecule has 40 heavy (non-hydrogen) atoms. The Balaban J connectivity index is 1.22. The summed E-state index contributed by atoms with van der Waals surface area (Å²) in [5.74, 6) is 0.957. The maximum absolute atomic E-state index is 13.2. The summed E-state index contributed by atoms with van der Waals surface area (Å²) >= 11 is 0. The van der Waals surface area contributed by atoms with Crippen LogP contribution in [0.1, 0.15) is 44.0 Å². The quantitative estimate of drug-likeness (QED) is 0.328. The molecule has 204 valence electrons. The Labute approximate surface area is 236 Å². The number of hydrogen-bond acceptors (Lipinski definition) is 6. The predicted molar refractivity (Wildman–Crippen MR) is 160 cm³/mol. The second-order valence-electron chi connectivity index (χ2n) is 11.7. The third-order valence-corrected chi connectivity index (χ3v) is 7.73. The summed E-state index contributed by atoms with van der Waals surface area (Å²) in [7, 11) is 0. The maximum Gasteiger partial charge on any atom is 0.253 e. The summed E-state index contributed by atoms with van der Waals surface area (Å²) in [5, 5.41) is 3.54. The Morgan fingerprint density at radius 3 is 2.20 bits per heavy atom. The number of aromatic nitrogens is 3. The van der Waals surface area contributed by atoms with Gasteiger partial charge in [-0.1, -0.05) is 18.2 Å². The van der Waals surface area contributed by atoms with Crippen molar-refractivity contribution in [2.75, 3.05) is 31.5 Å². The summed E-state index contributed by atoms with van der Waals surface area (Å²) in [4.78, 5) is 31.5. The van der Waals surface area contributed by atoms with Crippen LogP contribution in [0.2, 0.25) is 0 Å². The van der Waals surface area contributed by atoms with E-state index in [0.29, 0.717) is 6.04 Å². The van der Waals surface area contributed by atoms with Crippen LogP contribution < -0.4 is 5.32 Å². The summed E-state index contributed by atoms with van der Waals surface area (Å²) in [6.45, 7) is 10.0. The highest BCUT2D eigenvalue weighted by Gasteiger charge is 2.28. The van der Waals surface area contributed by atoms with E-state index in [1.54, 1.807) is 6.20 Å². The standard InChI is InChI=1S/C33H36N6O/c1-33(2,3)39-16-14-38(15-17-39)32(40)24-9-7-23(8-10-24)26-18-27(22-34-21-26)25-19-30(29-6-4-5-13-35-29)37-31(20-25)36-28-11-12-28/h4-10,13,18-22,28H,11-12,14-17H2,1-3H3,(H,36,37). The number of carbonyl (C=O) groups excluding carboxylic acids is 1. The molecular formula is C33H36N6O. The highest BCUT2D eigenvalue weighted by Crippen LogP contribution is 2.32. The molecule has 2 aliphatic rings. The van der Waals surface area contributed by atoms with Crippen molar-refractivity contribution in [3.8, 4) is 33.6 Å². The van der Waals surface area contributed by atoms with Gasteiger partial charge in [0, 0.05) is 73.0 Å². The van der Waals surface area contributed by atoms with Gasteiger partial charge in [0.2, 0.25) is 0 Å². The highest BCUT2D eigenvalue weighted by atomic mass is 16.2. The lowest BCUT2D eigenvalue weighted by atomic mass is 10.00. The van der Waals surface area contributed by atoms with Gasteiger partial charge in [0.15, 0.2) is 0 Å². The predicted octanol–water partition coefficient (Wildman–Crippen LogP) is 6.00. The molecule has 1 saturated carbocycles. The molecule has 0 bridgehead atoms. The van der Waals surface area contributed by atoms with Crippen LogP contribution in [0.4, 0.5) is 5.82 Å². The van der Waals surface area contributed by atoms with Crippen LogP contribution in [0.3, 0.4) is 0 Å². The van der Waals surface area contributed by atoms with E-state index in [1.807, 2.05) is 59.8 Å². The molecule has 4 aromatic rings. The van der Waals surface area contributed by atoms with Crippen LogP contribution in [0.25, 0.3) is 33.6 Å². The Bertz CT molecular complexity index is 1480. The number of rotatable bonds is 6. The van der Waals surface area contributed by atoms with E-state index in [0.717, 1.165) is 71.2 Å². The molecule has 0 unspecified atom stereocenters. The molecule has 1 aliphatic heterocycles. The molecule has 7 nitrogen and oxygen atoms in total. The average Bonchev–Trinajstić information content (AvgIpc) is 3.81. The number of benzene rings is 1. The first kappa shape index (κ1) is 26.1. The molecule has 6 rings (SSSR count). The van der Waals surface area contributed by atoms with Crippen LogP contribution >= 0.6 is 0 Å². The van der Waals surface area contributed by atoms with Crippen molar-refractivity contribution < 1.29 is 4.79 Å². The zero-order valence-electron chi connectivity index (χ0n) is 23.5. The van der Waals surface area contributed by atoms with E-state index >= 15 is 0 Å². The van der Waals surface area contributed by atoms with Crippen LogP contribution in [-0.2, 0) is 0 Å². The van der Waals surface area contributed by atoms with Gasteiger partial charge in [0.1, 0.15) is 5.82 Å². The van der Waals surface area contributed by atoms with Crippen molar-refractivity contribution in [3.63, 3.8) is 0 Å². The van der Waals surface area contributed by atoms with Crippen LogP contribution in [0, 0.1) is 0 Å². The number of piperazine rings is 1. The van der Waals surface area contributed by atoms with Crippen molar-refractivity contribution in [3.05, 3.63) is 84.8 Å². The average molecular weight is 533 g/mol. The third-order valence-electron chi connectivity index (χ3n) is 7.73. The number of hydrogen-bond donors (Lipinski definition) is 1. The second-order valence-corrected chi connectivity index (χ2v) is 11.7. The smallest absolute Gasteiger partial charge is 0.253 e. The van der Waals surface area contributed by atoms with Gasteiger partial charge in [0.25, 0.3) is 5.91 Å². The molecule has 0 radical (unpaired) electrons. The number of carbonyl (C=O) groups is 1. The molecule has 1 aliphatic carbocycles. The number of pyridine rings is 3. The normalized spacial score (nSPS) is 16.1. The number of nitrogens with zero attached hydrogens (tertiary/aromatic N) is 5. The zero-order chi connectivity index (χ0) is 27.7. The summed E-state index contributed by atoms with van der Waals surface area (Å²) in [6, 6.07) is 20.6. The van der Waals surface area contributed by atoms with Crippen LogP contribution in [0.5, 0.6) is 0 Å². The lowest BCUT2D eigenvalue weighted by Gasteiger charge is -2.42.